The molecule has 0 aromatic carbocycles. The van der Waals surface area contributed by atoms with Gasteiger partial charge in [-0.25, -0.2) is 4.98 Å². The van der Waals surface area contributed by atoms with Gasteiger partial charge in [0.2, 0.25) is 5.91 Å². The van der Waals surface area contributed by atoms with Crippen LogP contribution in [-0.2, 0) is 4.79 Å². The van der Waals surface area contributed by atoms with Gasteiger partial charge in [0.05, 0.1) is 5.92 Å². The minimum Gasteiger partial charge on any atom is -0.361 e. The standard InChI is InChI=1S/C15H16N4O3/c1-9-4-3-5-16-13(9)17-14(20)11-7-19(8-11)15(21)12-6-10(2)22-18-12/h3-6,11H,7-8H2,1-2H3,(H,16,17,20). The molecular formula is C15H16N4O3. The number of nitrogens with zero attached hydrogens (tertiary/aromatic N) is 3. The molecule has 22 heavy (non-hydrogen) atoms. The fourth-order valence-corrected chi connectivity index (χ4v) is 2.27. The number of amides is 2. The van der Waals surface area contributed by atoms with E-state index in [0.29, 0.717) is 24.7 Å². The third kappa shape index (κ3) is 2.69. The molecule has 2 aromatic rings. The zero-order valence-electron chi connectivity index (χ0n) is 12.4. The monoisotopic (exact) mass is 300 g/mol. The van der Waals surface area contributed by atoms with E-state index in [1.807, 2.05) is 19.1 Å². The maximum atomic E-state index is 12.1. The summed E-state index contributed by atoms with van der Waals surface area (Å²) in [4.78, 5) is 29.9. The van der Waals surface area contributed by atoms with E-state index in [-0.39, 0.29) is 23.4 Å². The molecule has 7 heteroatoms. The molecule has 0 aliphatic carbocycles. The second-order valence-corrected chi connectivity index (χ2v) is 5.39. The Morgan fingerprint density at radius 3 is 2.77 bits per heavy atom. The zero-order chi connectivity index (χ0) is 15.7. The van der Waals surface area contributed by atoms with E-state index in [0.717, 1.165) is 5.56 Å². The molecule has 0 radical (unpaired) electrons. The van der Waals surface area contributed by atoms with Crippen LogP contribution in [0.4, 0.5) is 5.82 Å². The largest absolute Gasteiger partial charge is 0.361 e. The van der Waals surface area contributed by atoms with Gasteiger partial charge in [0.15, 0.2) is 5.69 Å². The van der Waals surface area contributed by atoms with E-state index >= 15 is 0 Å². The summed E-state index contributed by atoms with van der Waals surface area (Å²) >= 11 is 0. The van der Waals surface area contributed by atoms with Crippen molar-refractivity contribution in [2.75, 3.05) is 18.4 Å². The molecule has 1 aliphatic rings. The van der Waals surface area contributed by atoms with Gasteiger partial charge < -0.3 is 14.7 Å². The highest BCUT2D eigenvalue weighted by molar-refractivity contribution is 5.97. The Bertz CT molecular complexity index is 719. The van der Waals surface area contributed by atoms with Crippen molar-refractivity contribution in [3.63, 3.8) is 0 Å². The number of likely N-dealkylation sites (tertiary alicyclic amines) is 1. The fraction of sp³-hybridized carbons (Fsp3) is 0.333. The highest BCUT2D eigenvalue weighted by Crippen LogP contribution is 2.21. The second kappa shape index (κ2) is 5.59. The first-order valence-electron chi connectivity index (χ1n) is 6.99. The molecule has 7 nitrogen and oxygen atoms in total. The lowest BCUT2D eigenvalue weighted by atomic mass is 9.98. The van der Waals surface area contributed by atoms with Crippen LogP contribution in [0, 0.1) is 19.8 Å². The SMILES string of the molecule is Cc1cc(C(=O)N2CC(C(=O)Nc3ncccc3C)C2)no1. The molecule has 2 amide bonds. The van der Waals surface area contributed by atoms with E-state index in [1.54, 1.807) is 24.1 Å². The summed E-state index contributed by atoms with van der Waals surface area (Å²) in [5.74, 6) is 0.587. The number of rotatable bonds is 3. The normalized spacial score (nSPS) is 14.5. The third-order valence-electron chi connectivity index (χ3n) is 3.64. The highest BCUT2D eigenvalue weighted by atomic mass is 16.5. The zero-order valence-corrected chi connectivity index (χ0v) is 12.4. The molecule has 3 rings (SSSR count). The van der Waals surface area contributed by atoms with Gasteiger partial charge in [0.25, 0.3) is 5.91 Å². The number of carbonyl (C=O) groups is 2. The van der Waals surface area contributed by atoms with Gasteiger partial charge in [-0.15, -0.1) is 0 Å². The first kappa shape index (κ1) is 14.2. The van der Waals surface area contributed by atoms with E-state index < -0.39 is 0 Å². The van der Waals surface area contributed by atoms with Crippen molar-refractivity contribution in [2.45, 2.75) is 13.8 Å². The molecule has 0 saturated carbocycles. The van der Waals surface area contributed by atoms with Crippen molar-refractivity contribution in [1.29, 1.82) is 0 Å². The van der Waals surface area contributed by atoms with E-state index in [9.17, 15) is 9.59 Å². The van der Waals surface area contributed by atoms with Crippen molar-refractivity contribution in [3.8, 4) is 0 Å². The lowest BCUT2D eigenvalue weighted by Gasteiger charge is -2.37. The molecule has 0 bridgehead atoms. The number of aromatic nitrogens is 2. The Morgan fingerprint density at radius 2 is 2.14 bits per heavy atom. The average molecular weight is 300 g/mol. The first-order valence-corrected chi connectivity index (χ1v) is 6.99. The third-order valence-corrected chi connectivity index (χ3v) is 3.64. The minimum absolute atomic E-state index is 0.123. The fourth-order valence-electron chi connectivity index (χ4n) is 2.27. The summed E-state index contributed by atoms with van der Waals surface area (Å²) in [6.45, 7) is 4.36. The quantitative estimate of drug-likeness (QED) is 0.925. The summed E-state index contributed by atoms with van der Waals surface area (Å²) in [5.41, 5.74) is 1.18. The Balaban J connectivity index is 1.56. The van der Waals surface area contributed by atoms with Gasteiger partial charge in [-0.3, -0.25) is 9.59 Å². The Labute approximate surface area is 127 Å². The van der Waals surface area contributed by atoms with E-state index in [4.69, 9.17) is 4.52 Å². The van der Waals surface area contributed by atoms with Crippen molar-refractivity contribution < 1.29 is 14.1 Å². The van der Waals surface area contributed by atoms with Gasteiger partial charge in [-0.1, -0.05) is 11.2 Å². The molecular weight excluding hydrogens is 284 g/mol. The molecule has 1 aliphatic heterocycles. The van der Waals surface area contributed by atoms with E-state index in [1.165, 1.54) is 0 Å². The summed E-state index contributed by atoms with van der Waals surface area (Å²) in [5, 5.41) is 6.48. The minimum atomic E-state index is -0.224. The van der Waals surface area contributed by atoms with Gasteiger partial charge in [0.1, 0.15) is 11.6 Å². The number of carbonyl (C=O) groups excluding carboxylic acids is 2. The van der Waals surface area contributed by atoms with Crippen LogP contribution >= 0.6 is 0 Å². The molecule has 0 spiro atoms. The topological polar surface area (TPSA) is 88.3 Å². The van der Waals surface area contributed by atoms with Crippen LogP contribution in [0.5, 0.6) is 0 Å². The molecule has 1 N–H and O–H groups in total. The highest BCUT2D eigenvalue weighted by Gasteiger charge is 2.37. The summed E-state index contributed by atoms with van der Waals surface area (Å²) in [6.07, 6.45) is 1.63. The summed E-state index contributed by atoms with van der Waals surface area (Å²) < 4.78 is 4.89. The number of anilines is 1. The number of aryl methyl sites for hydroxylation is 2. The number of pyridine rings is 1. The molecule has 0 atom stereocenters. The molecule has 2 aromatic heterocycles. The predicted molar refractivity (Wildman–Crippen MR) is 78.2 cm³/mol. The van der Waals surface area contributed by atoms with Crippen molar-refractivity contribution >= 4 is 17.6 Å². The summed E-state index contributed by atoms with van der Waals surface area (Å²) in [6, 6.07) is 5.29. The van der Waals surface area contributed by atoms with Gasteiger partial charge in [0, 0.05) is 25.4 Å². The number of nitrogens with one attached hydrogen (secondary N) is 1. The number of hydrogen-bond acceptors (Lipinski definition) is 5. The maximum absolute atomic E-state index is 12.1. The van der Waals surface area contributed by atoms with Crippen LogP contribution in [0.25, 0.3) is 0 Å². The molecule has 114 valence electrons. The number of hydrogen-bond donors (Lipinski definition) is 1. The van der Waals surface area contributed by atoms with Crippen LogP contribution in [-0.4, -0.2) is 39.9 Å². The van der Waals surface area contributed by atoms with Gasteiger partial charge in [-0.05, 0) is 25.5 Å². The van der Waals surface area contributed by atoms with Crippen molar-refractivity contribution in [2.24, 2.45) is 5.92 Å². The maximum Gasteiger partial charge on any atom is 0.276 e. The Hall–Kier alpha value is -2.70. The molecule has 0 unspecified atom stereocenters. The van der Waals surface area contributed by atoms with Gasteiger partial charge >= 0.3 is 0 Å². The van der Waals surface area contributed by atoms with E-state index in [2.05, 4.69) is 15.5 Å². The van der Waals surface area contributed by atoms with Crippen molar-refractivity contribution in [1.82, 2.24) is 15.0 Å². The molecule has 1 fully saturated rings. The second-order valence-electron chi connectivity index (χ2n) is 5.39. The lowest BCUT2D eigenvalue weighted by molar-refractivity contribution is -0.123. The van der Waals surface area contributed by atoms with Crippen LogP contribution < -0.4 is 5.32 Å². The lowest BCUT2D eigenvalue weighted by Crippen LogP contribution is -2.54. The summed E-state index contributed by atoms with van der Waals surface area (Å²) in [7, 11) is 0. The van der Waals surface area contributed by atoms with Crippen LogP contribution in [0.3, 0.4) is 0 Å². The van der Waals surface area contributed by atoms with Crippen molar-refractivity contribution in [3.05, 3.63) is 41.4 Å². The predicted octanol–water partition coefficient (Wildman–Crippen LogP) is 1.40. The van der Waals surface area contributed by atoms with Crippen LogP contribution in [0.15, 0.2) is 28.9 Å². The molecule has 3 heterocycles. The van der Waals surface area contributed by atoms with Crippen LogP contribution in [0.2, 0.25) is 0 Å². The Morgan fingerprint density at radius 1 is 1.36 bits per heavy atom. The average Bonchev–Trinajstić information content (AvgIpc) is 2.86. The van der Waals surface area contributed by atoms with Gasteiger partial charge in [-0.2, -0.15) is 0 Å². The van der Waals surface area contributed by atoms with Crippen LogP contribution in [0.1, 0.15) is 21.8 Å². The Kier molecular flexibility index (Phi) is 3.62. The first-order chi connectivity index (χ1) is 10.5. The molecule has 1 saturated heterocycles. The smallest absolute Gasteiger partial charge is 0.276 e.